The minimum atomic E-state index is -0.955. The summed E-state index contributed by atoms with van der Waals surface area (Å²) in [5.74, 6) is -0.0215. The van der Waals surface area contributed by atoms with Gasteiger partial charge in [-0.15, -0.1) is 0 Å². The van der Waals surface area contributed by atoms with E-state index in [1.807, 2.05) is 18.4 Å². The van der Waals surface area contributed by atoms with Crippen LogP contribution >= 0.6 is 11.8 Å². The fourth-order valence-corrected chi connectivity index (χ4v) is 3.82. The van der Waals surface area contributed by atoms with E-state index in [4.69, 9.17) is 4.74 Å². The van der Waals surface area contributed by atoms with Crippen molar-refractivity contribution in [3.63, 3.8) is 0 Å². The Kier molecular flexibility index (Phi) is 6.75. The van der Waals surface area contributed by atoms with Crippen LogP contribution in [0.2, 0.25) is 0 Å². The van der Waals surface area contributed by atoms with Crippen LogP contribution in [0.5, 0.6) is 5.75 Å². The predicted molar refractivity (Wildman–Crippen MR) is 115 cm³/mol. The molecule has 0 spiro atoms. The van der Waals surface area contributed by atoms with Gasteiger partial charge in [0.15, 0.2) is 0 Å². The molecule has 29 heavy (non-hydrogen) atoms. The van der Waals surface area contributed by atoms with Crippen LogP contribution < -0.4 is 4.74 Å². The predicted octanol–water partition coefficient (Wildman–Crippen LogP) is 4.52. The highest BCUT2D eigenvalue weighted by atomic mass is 32.2. The Morgan fingerprint density at radius 2 is 1.62 bits per heavy atom. The number of hydrogen-bond acceptors (Lipinski definition) is 5. The molecule has 1 aliphatic heterocycles. The largest absolute Gasteiger partial charge is 0.425 e. The molecule has 0 aliphatic carbocycles. The molecule has 2 atom stereocenters. The minimum Gasteiger partial charge on any atom is -0.425 e. The Balaban J connectivity index is 1.81. The van der Waals surface area contributed by atoms with Crippen molar-refractivity contribution in [2.45, 2.75) is 38.6 Å². The molecule has 0 N–H and O–H groups in total. The number of carbonyl (C=O) groups excluding carboxylic acids is 3. The van der Waals surface area contributed by atoms with Crippen LogP contribution in [0.3, 0.4) is 0 Å². The fourth-order valence-electron chi connectivity index (χ4n) is 3.36. The maximum atomic E-state index is 12.9. The Morgan fingerprint density at radius 1 is 1.03 bits per heavy atom. The molecule has 6 heteroatoms. The summed E-state index contributed by atoms with van der Waals surface area (Å²) < 4.78 is 5.56. The van der Waals surface area contributed by atoms with Crippen molar-refractivity contribution in [1.82, 2.24) is 4.90 Å². The number of ether oxygens (including phenoxy) is 1. The van der Waals surface area contributed by atoms with E-state index in [2.05, 4.69) is 13.8 Å². The van der Waals surface area contributed by atoms with Crippen LogP contribution in [-0.2, 0) is 4.79 Å². The van der Waals surface area contributed by atoms with Gasteiger partial charge in [-0.2, -0.15) is 11.8 Å². The molecule has 1 heterocycles. The molecule has 0 radical (unpaired) electrons. The normalized spacial score (nSPS) is 15.2. The van der Waals surface area contributed by atoms with Crippen LogP contribution in [0.15, 0.2) is 48.5 Å². The van der Waals surface area contributed by atoms with Crippen molar-refractivity contribution in [3.05, 3.63) is 65.2 Å². The van der Waals surface area contributed by atoms with Crippen molar-refractivity contribution in [2.75, 3.05) is 12.0 Å². The summed E-state index contributed by atoms with van der Waals surface area (Å²) >= 11 is 1.55. The van der Waals surface area contributed by atoms with Crippen LogP contribution in [-0.4, -0.2) is 40.7 Å². The second kappa shape index (κ2) is 9.27. The monoisotopic (exact) mass is 411 g/mol. The summed E-state index contributed by atoms with van der Waals surface area (Å²) in [7, 11) is 0. The highest BCUT2D eigenvalue weighted by Gasteiger charge is 2.43. The Labute approximate surface area is 175 Å². The number of fused-ring (bicyclic) bond motifs is 1. The molecule has 0 aromatic heterocycles. The Morgan fingerprint density at radius 3 is 2.14 bits per heavy atom. The Hall–Kier alpha value is -2.60. The first kappa shape index (κ1) is 21.1. The highest BCUT2D eigenvalue weighted by Crippen LogP contribution is 2.27. The van der Waals surface area contributed by atoms with E-state index in [0.29, 0.717) is 35.0 Å². The standard InChI is InChI=1S/C23H25NO4S/c1-4-15(2)16-9-11-17(12-10-16)28-23(27)20(13-14-29-3)24-21(25)18-7-5-6-8-19(18)22(24)26/h5-12,15,20H,4,13-14H2,1-3H3/t15-,20-/m0/s1. The molecule has 2 aromatic carbocycles. The molecule has 1 aliphatic rings. The van der Waals surface area contributed by atoms with E-state index in [-0.39, 0.29) is 0 Å². The lowest BCUT2D eigenvalue weighted by atomic mass is 9.99. The number of nitrogens with zero attached hydrogens (tertiary/aromatic N) is 1. The minimum absolute atomic E-state index is 0.331. The van der Waals surface area contributed by atoms with Crippen LogP contribution in [0.4, 0.5) is 0 Å². The lowest BCUT2D eigenvalue weighted by molar-refractivity contribution is -0.138. The zero-order valence-corrected chi connectivity index (χ0v) is 17.7. The summed E-state index contributed by atoms with van der Waals surface area (Å²) in [5.41, 5.74) is 1.83. The van der Waals surface area contributed by atoms with Gasteiger partial charge in [-0.05, 0) is 60.6 Å². The van der Waals surface area contributed by atoms with E-state index < -0.39 is 23.8 Å². The lowest BCUT2D eigenvalue weighted by Gasteiger charge is -2.24. The second-order valence-electron chi connectivity index (χ2n) is 7.12. The second-order valence-corrected chi connectivity index (χ2v) is 8.11. The molecule has 0 bridgehead atoms. The summed E-state index contributed by atoms with van der Waals surface area (Å²) in [4.78, 5) is 39.6. The van der Waals surface area contributed by atoms with Gasteiger partial charge in [0.1, 0.15) is 11.8 Å². The van der Waals surface area contributed by atoms with Gasteiger partial charge in [-0.25, -0.2) is 4.79 Å². The van der Waals surface area contributed by atoms with E-state index in [9.17, 15) is 14.4 Å². The van der Waals surface area contributed by atoms with Gasteiger partial charge in [0.2, 0.25) is 0 Å². The molecule has 2 aromatic rings. The molecule has 3 rings (SSSR count). The zero-order chi connectivity index (χ0) is 21.0. The molecule has 0 saturated carbocycles. The summed E-state index contributed by atoms with van der Waals surface area (Å²) in [6, 6.07) is 13.1. The van der Waals surface area contributed by atoms with E-state index in [1.54, 1.807) is 48.2 Å². The number of rotatable bonds is 8. The molecular weight excluding hydrogens is 386 g/mol. The molecule has 0 saturated heterocycles. The first-order valence-corrected chi connectivity index (χ1v) is 11.1. The third-order valence-electron chi connectivity index (χ3n) is 5.28. The van der Waals surface area contributed by atoms with E-state index >= 15 is 0 Å². The van der Waals surface area contributed by atoms with Gasteiger partial charge in [-0.3, -0.25) is 14.5 Å². The fraction of sp³-hybridized carbons (Fsp3) is 0.348. The van der Waals surface area contributed by atoms with Crippen LogP contribution in [0.1, 0.15) is 58.9 Å². The zero-order valence-electron chi connectivity index (χ0n) is 16.9. The van der Waals surface area contributed by atoms with Crippen molar-refractivity contribution in [1.29, 1.82) is 0 Å². The summed E-state index contributed by atoms with van der Waals surface area (Å²) in [5, 5.41) is 0. The molecular formula is C23H25NO4S. The average Bonchev–Trinajstić information content (AvgIpc) is 2.99. The summed E-state index contributed by atoms with van der Waals surface area (Å²) in [6.07, 6.45) is 3.28. The first-order valence-electron chi connectivity index (χ1n) is 9.75. The van der Waals surface area contributed by atoms with Gasteiger partial charge in [-0.1, -0.05) is 38.1 Å². The molecule has 2 amide bonds. The van der Waals surface area contributed by atoms with E-state index in [1.165, 1.54) is 5.56 Å². The Bertz CT molecular complexity index is 874. The molecule has 5 nitrogen and oxygen atoms in total. The van der Waals surface area contributed by atoms with E-state index in [0.717, 1.165) is 11.3 Å². The topological polar surface area (TPSA) is 63.7 Å². The van der Waals surface area contributed by atoms with Crippen molar-refractivity contribution in [3.8, 4) is 5.75 Å². The van der Waals surface area contributed by atoms with Crippen LogP contribution in [0.25, 0.3) is 0 Å². The third kappa shape index (κ3) is 4.37. The number of hydrogen-bond donors (Lipinski definition) is 0. The van der Waals surface area contributed by atoms with Gasteiger partial charge in [0.25, 0.3) is 11.8 Å². The average molecular weight is 412 g/mol. The van der Waals surface area contributed by atoms with Gasteiger partial charge in [0.05, 0.1) is 11.1 Å². The third-order valence-corrected chi connectivity index (χ3v) is 5.93. The van der Waals surface area contributed by atoms with Gasteiger partial charge < -0.3 is 4.74 Å². The number of esters is 1. The smallest absolute Gasteiger partial charge is 0.334 e. The molecule has 0 fully saturated rings. The summed E-state index contributed by atoms with van der Waals surface area (Å²) in [6.45, 7) is 4.26. The number of carbonyl (C=O) groups is 3. The lowest BCUT2D eigenvalue weighted by Crippen LogP contribution is -2.47. The van der Waals surface area contributed by atoms with Gasteiger partial charge in [0, 0.05) is 0 Å². The number of benzene rings is 2. The SMILES string of the molecule is CC[C@H](C)c1ccc(OC(=O)[C@H](CCSC)N2C(=O)c3ccccc3C2=O)cc1. The van der Waals surface area contributed by atoms with Crippen molar-refractivity contribution >= 4 is 29.5 Å². The molecule has 0 unspecified atom stereocenters. The molecule has 152 valence electrons. The first-order chi connectivity index (χ1) is 14.0. The van der Waals surface area contributed by atoms with Crippen LogP contribution in [0, 0.1) is 0 Å². The van der Waals surface area contributed by atoms with Crippen molar-refractivity contribution in [2.24, 2.45) is 0 Å². The quantitative estimate of drug-likeness (QED) is 0.363. The highest BCUT2D eigenvalue weighted by molar-refractivity contribution is 7.98. The van der Waals surface area contributed by atoms with Gasteiger partial charge >= 0.3 is 5.97 Å². The maximum Gasteiger partial charge on any atom is 0.334 e. The van der Waals surface area contributed by atoms with Crippen molar-refractivity contribution < 1.29 is 19.1 Å². The number of thioether (sulfide) groups is 1. The number of amides is 2. The maximum absolute atomic E-state index is 12.9. The number of imide groups is 1.